The van der Waals surface area contributed by atoms with Crippen molar-refractivity contribution in [1.29, 1.82) is 0 Å². The number of morpholine rings is 1. The Bertz CT molecular complexity index is 1500. The number of anilines is 2. The third-order valence-corrected chi connectivity index (χ3v) is 9.97. The average molecular weight is 583 g/mol. The van der Waals surface area contributed by atoms with E-state index in [-0.39, 0.29) is 4.90 Å². The van der Waals surface area contributed by atoms with Crippen LogP contribution in [0.25, 0.3) is 10.1 Å². The fraction of sp³-hybridized carbons (Fsp3) is 0.467. The van der Waals surface area contributed by atoms with Crippen molar-refractivity contribution in [1.82, 2.24) is 4.90 Å². The number of primary sulfonamides is 1. The smallest absolute Gasteiger partial charge is 0.238 e. The van der Waals surface area contributed by atoms with Gasteiger partial charge in [0.25, 0.3) is 0 Å². The number of nitrogens with zero attached hydrogens (tertiary/aromatic N) is 1. The summed E-state index contributed by atoms with van der Waals surface area (Å²) in [6, 6.07) is 12.2. The SMILES string of the molecule is CCc1c(C#CCNc2ccc(S(N)(=O)=O)cc2OC)sc2c(NC3CCC(N4CCOCC4)CC3)cccc12. The molecule has 214 valence electrons. The highest BCUT2D eigenvalue weighted by Gasteiger charge is 2.27. The Labute approximate surface area is 241 Å². The van der Waals surface area contributed by atoms with E-state index < -0.39 is 10.0 Å². The lowest BCUT2D eigenvalue weighted by atomic mass is 9.89. The molecule has 8 nitrogen and oxygen atoms in total. The van der Waals surface area contributed by atoms with Crippen molar-refractivity contribution >= 4 is 42.8 Å². The molecular formula is C30H38N4O4S2. The highest BCUT2D eigenvalue weighted by atomic mass is 32.2. The highest BCUT2D eigenvalue weighted by molar-refractivity contribution is 7.89. The van der Waals surface area contributed by atoms with Crippen molar-refractivity contribution in [3.63, 3.8) is 0 Å². The first-order valence-electron chi connectivity index (χ1n) is 13.9. The van der Waals surface area contributed by atoms with Crippen molar-refractivity contribution in [3.8, 4) is 17.6 Å². The van der Waals surface area contributed by atoms with Gasteiger partial charge in [0.05, 0.1) is 52.7 Å². The third kappa shape index (κ3) is 6.56. The van der Waals surface area contributed by atoms with Crippen molar-refractivity contribution in [3.05, 3.63) is 46.8 Å². The lowest BCUT2D eigenvalue weighted by Gasteiger charge is -2.39. The molecule has 0 radical (unpaired) electrons. The molecule has 2 fully saturated rings. The summed E-state index contributed by atoms with van der Waals surface area (Å²) in [6.07, 6.45) is 5.75. The molecular weight excluding hydrogens is 544 g/mol. The topological polar surface area (TPSA) is 106 Å². The Morgan fingerprint density at radius 2 is 1.90 bits per heavy atom. The Kier molecular flexibility index (Phi) is 9.18. The zero-order valence-corrected chi connectivity index (χ0v) is 24.8. The summed E-state index contributed by atoms with van der Waals surface area (Å²) in [4.78, 5) is 3.71. The predicted molar refractivity (Wildman–Crippen MR) is 163 cm³/mol. The van der Waals surface area contributed by atoms with Crippen LogP contribution in [0.1, 0.15) is 43.0 Å². The fourth-order valence-electron chi connectivity index (χ4n) is 5.74. The van der Waals surface area contributed by atoms with E-state index in [1.54, 1.807) is 17.4 Å². The van der Waals surface area contributed by atoms with Crippen molar-refractivity contribution in [2.45, 2.75) is 56.0 Å². The molecule has 40 heavy (non-hydrogen) atoms. The minimum Gasteiger partial charge on any atom is -0.495 e. The van der Waals surface area contributed by atoms with Gasteiger partial charge in [0.2, 0.25) is 10.0 Å². The van der Waals surface area contributed by atoms with Crippen molar-refractivity contribution in [2.75, 3.05) is 50.6 Å². The summed E-state index contributed by atoms with van der Waals surface area (Å²) in [5.74, 6) is 7.01. The standard InChI is InChI=1S/C30H38N4O4S2/c1-3-24-25-6-4-7-27(33-21-9-11-22(12-10-21)34-16-18-38-19-17-34)30(25)39-29(24)8-5-15-32-26-14-13-23(40(31,35)36)20-28(26)37-2/h4,6-7,13-14,20-22,32-33H,3,9-12,15-19H2,1-2H3,(H2,31,35,36). The summed E-state index contributed by atoms with van der Waals surface area (Å²) < 4.78 is 35.4. The maximum atomic E-state index is 11.6. The van der Waals surface area contributed by atoms with Gasteiger partial charge in [0.15, 0.2) is 0 Å². The minimum atomic E-state index is -3.80. The number of fused-ring (bicyclic) bond motifs is 1. The maximum Gasteiger partial charge on any atom is 0.238 e. The molecule has 4 N–H and O–H groups in total. The number of hydrogen-bond acceptors (Lipinski definition) is 8. The summed E-state index contributed by atoms with van der Waals surface area (Å²) >= 11 is 1.75. The zero-order chi connectivity index (χ0) is 28.1. The van der Waals surface area contributed by atoms with E-state index in [4.69, 9.17) is 14.6 Å². The molecule has 1 aliphatic carbocycles. The van der Waals surface area contributed by atoms with Gasteiger partial charge in [-0.1, -0.05) is 30.9 Å². The van der Waals surface area contributed by atoms with E-state index in [0.29, 0.717) is 30.1 Å². The van der Waals surface area contributed by atoms with Crippen LogP contribution in [0.15, 0.2) is 41.3 Å². The summed E-state index contributed by atoms with van der Waals surface area (Å²) in [5, 5.41) is 13.6. The van der Waals surface area contributed by atoms with Gasteiger partial charge in [-0.25, -0.2) is 13.6 Å². The van der Waals surface area contributed by atoms with Crippen LogP contribution >= 0.6 is 11.3 Å². The van der Waals surface area contributed by atoms with Crippen LogP contribution in [0.2, 0.25) is 0 Å². The summed E-state index contributed by atoms with van der Waals surface area (Å²) in [6.45, 7) is 6.42. The minimum absolute atomic E-state index is 0.00778. The Hall–Kier alpha value is -2.81. The maximum absolute atomic E-state index is 11.6. The number of rotatable bonds is 8. The van der Waals surface area contributed by atoms with Gasteiger partial charge >= 0.3 is 0 Å². The second-order valence-corrected chi connectivity index (χ2v) is 12.9. The number of benzene rings is 2. The van der Waals surface area contributed by atoms with E-state index in [1.165, 1.54) is 66.3 Å². The number of aryl methyl sites for hydroxylation is 1. The first-order valence-corrected chi connectivity index (χ1v) is 16.3. The first kappa shape index (κ1) is 28.7. The molecule has 1 saturated heterocycles. The molecule has 1 aliphatic heterocycles. The van der Waals surface area contributed by atoms with Gasteiger partial charge in [0, 0.05) is 31.2 Å². The van der Waals surface area contributed by atoms with E-state index >= 15 is 0 Å². The quantitative estimate of drug-likeness (QED) is 0.333. The number of methoxy groups -OCH3 is 1. The molecule has 0 spiro atoms. The molecule has 10 heteroatoms. The second-order valence-electron chi connectivity index (χ2n) is 10.3. The highest BCUT2D eigenvalue weighted by Crippen LogP contribution is 2.38. The molecule has 3 aromatic rings. The zero-order valence-electron chi connectivity index (χ0n) is 23.2. The number of sulfonamides is 1. The van der Waals surface area contributed by atoms with Gasteiger partial charge in [-0.15, -0.1) is 11.3 Å². The molecule has 0 bridgehead atoms. The van der Waals surface area contributed by atoms with Gasteiger partial charge in [0.1, 0.15) is 5.75 Å². The average Bonchev–Trinajstić information content (AvgIpc) is 3.34. The van der Waals surface area contributed by atoms with Gasteiger partial charge in [-0.2, -0.15) is 0 Å². The number of hydrogen-bond donors (Lipinski definition) is 3. The van der Waals surface area contributed by atoms with Gasteiger partial charge < -0.3 is 20.1 Å². The number of thiophene rings is 1. The largest absolute Gasteiger partial charge is 0.495 e. The Morgan fingerprint density at radius 3 is 2.60 bits per heavy atom. The van der Waals surface area contributed by atoms with Crippen LogP contribution < -0.4 is 20.5 Å². The van der Waals surface area contributed by atoms with Crippen molar-refractivity contribution < 1.29 is 17.9 Å². The molecule has 0 unspecified atom stereocenters. The second kappa shape index (κ2) is 12.8. The van der Waals surface area contributed by atoms with Crippen LogP contribution in [-0.2, 0) is 21.2 Å². The Morgan fingerprint density at radius 1 is 1.12 bits per heavy atom. The van der Waals surface area contributed by atoms with E-state index in [1.807, 2.05) is 0 Å². The van der Waals surface area contributed by atoms with Crippen LogP contribution in [0.4, 0.5) is 11.4 Å². The molecule has 1 saturated carbocycles. The monoisotopic (exact) mass is 582 g/mol. The lowest BCUT2D eigenvalue weighted by Crippen LogP contribution is -2.46. The van der Waals surface area contributed by atoms with E-state index in [9.17, 15) is 8.42 Å². The number of nitrogens with one attached hydrogen (secondary N) is 2. The fourth-order valence-corrected chi connectivity index (χ4v) is 7.51. The molecule has 2 aliphatic rings. The van der Waals surface area contributed by atoms with Gasteiger partial charge in [-0.05, 0) is 61.3 Å². The molecule has 0 amide bonds. The molecule has 0 atom stereocenters. The van der Waals surface area contributed by atoms with Crippen molar-refractivity contribution in [2.24, 2.45) is 5.14 Å². The number of nitrogens with two attached hydrogens (primary N) is 1. The normalized spacial score (nSPS) is 20.1. The molecule has 1 aromatic heterocycles. The molecule has 5 rings (SSSR count). The lowest BCUT2D eigenvalue weighted by molar-refractivity contribution is 0.00791. The van der Waals surface area contributed by atoms with E-state index in [0.717, 1.165) is 37.6 Å². The summed E-state index contributed by atoms with van der Waals surface area (Å²) in [5.41, 5.74) is 3.14. The van der Waals surface area contributed by atoms with Crippen LogP contribution in [0.5, 0.6) is 5.75 Å². The summed E-state index contributed by atoms with van der Waals surface area (Å²) in [7, 11) is -2.31. The molecule has 2 heterocycles. The van der Waals surface area contributed by atoms with Gasteiger partial charge in [-0.3, -0.25) is 4.90 Å². The van der Waals surface area contributed by atoms with Crippen LogP contribution in [0.3, 0.4) is 0 Å². The third-order valence-electron chi connectivity index (χ3n) is 7.86. The molecule has 2 aromatic carbocycles. The first-order chi connectivity index (χ1) is 19.4. The Balaban J connectivity index is 1.26. The van der Waals surface area contributed by atoms with Crippen LogP contribution in [-0.4, -0.2) is 65.4 Å². The predicted octanol–water partition coefficient (Wildman–Crippen LogP) is 4.64. The number of ether oxygens (including phenoxy) is 2. The van der Waals surface area contributed by atoms with Crippen LogP contribution in [0, 0.1) is 11.8 Å². The van der Waals surface area contributed by atoms with E-state index in [2.05, 4.69) is 52.5 Å².